The van der Waals surface area contributed by atoms with E-state index in [0.717, 1.165) is 32.6 Å². The lowest BCUT2D eigenvalue weighted by molar-refractivity contribution is 0.0537. The number of pyridine rings is 1. The number of amides is 1. The summed E-state index contributed by atoms with van der Waals surface area (Å²) in [6.45, 7) is 6.27. The summed E-state index contributed by atoms with van der Waals surface area (Å²) >= 11 is 6.09. The van der Waals surface area contributed by atoms with Gasteiger partial charge in [0.15, 0.2) is 0 Å². The van der Waals surface area contributed by atoms with Gasteiger partial charge in [-0.3, -0.25) is 4.79 Å². The highest BCUT2D eigenvalue weighted by molar-refractivity contribution is 6.33. The van der Waals surface area contributed by atoms with E-state index < -0.39 is 0 Å². The van der Waals surface area contributed by atoms with Crippen molar-refractivity contribution in [2.75, 3.05) is 25.1 Å². The maximum absolute atomic E-state index is 12.4. The molecule has 1 aliphatic heterocycles. The van der Waals surface area contributed by atoms with Gasteiger partial charge in [-0.1, -0.05) is 11.6 Å². The number of nitrogens with one attached hydrogen (secondary N) is 2. The van der Waals surface area contributed by atoms with Crippen molar-refractivity contribution in [1.29, 1.82) is 0 Å². The molecule has 116 valence electrons. The predicted octanol–water partition coefficient (Wildman–Crippen LogP) is 2.71. The first kappa shape index (κ1) is 16.0. The average Bonchev–Trinajstić information content (AvgIpc) is 2.50. The van der Waals surface area contributed by atoms with Gasteiger partial charge >= 0.3 is 0 Å². The summed E-state index contributed by atoms with van der Waals surface area (Å²) in [5, 5.41) is 6.46. The highest BCUT2D eigenvalue weighted by Crippen LogP contribution is 2.20. The maximum Gasteiger partial charge on any atom is 0.271 e. The van der Waals surface area contributed by atoms with Crippen molar-refractivity contribution < 1.29 is 9.53 Å². The summed E-state index contributed by atoms with van der Waals surface area (Å²) in [6, 6.07) is 3.55. The van der Waals surface area contributed by atoms with E-state index in [2.05, 4.69) is 15.6 Å². The number of carbonyl (C=O) groups excluding carboxylic acids is 1. The first-order valence-electron chi connectivity index (χ1n) is 7.40. The summed E-state index contributed by atoms with van der Waals surface area (Å²) in [7, 11) is 0. The van der Waals surface area contributed by atoms with Crippen molar-refractivity contribution in [1.82, 2.24) is 10.3 Å². The van der Waals surface area contributed by atoms with E-state index in [-0.39, 0.29) is 17.6 Å². The largest absolute Gasteiger partial charge is 0.381 e. The van der Waals surface area contributed by atoms with E-state index in [0.29, 0.717) is 16.8 Å². The van der Waals surface area contributed by atoms with Gasteiger partial charge in [0.1, 0.15) is 11.5 Å². The predicted molar refractivity (Wildman–Crippen MR) is 83.9 cm³/mol. The first-order valence-corrected chi connectivity index (χ1v) is 7.78. The summed E-state index contributed by atoms with van der Waals surface area (Å²) in [6.07, 6.45) is 1.94. The molecule has 2 N–H and O–H groups in total. The summed E-state index contributed by atoms with van der Waals surface area (Å²) in [5.41, 5.74) is 0.272. The minimum atomic E-state index is -0.223. The fourth-order valence-electron chi connectivity index (χ4n) is 2.49. The number of aromatic nitrogens is 1. The van der Waals surface area contributed by atoms with Crippen LogP contribution in [0.2, 0.25) is 5.02 Å². The van der Waals surface area contributed by atoms with Gasteiger partial charge in [-0.25, -0.2) is 4.98 Å². The number of nitrogens with zero attached hydrogens (tertiary/aromatic N) is 1. The van der Waals surface area contributed by atoms with Crippen LogP contribution < -0.4 is 10.6 Å². The molecule has 1 fully saturated rings. The minimum absolute atomic E-state index is 0.0852. The Balaban J connectivity index is 2.03. The molecule has 1 saturated heterocycles. The summed E-state index contributed by atoms with van der Waals surface area (Å²) < 4.78 is 5.35. The Labute approximate surface area is 130 Å². The molecule has 2 rings (SSSR count). The zero-order chi connectivity index (χ0) is 15.2. The van der Waals surface area contributed by atoms with Crippen molar-refractivity contribution in [3.8, 4) is 0 Å². The van der Waals surface area contributed by atoms with Gasteiger partial charge in [0.05, 0.1) is 5.02 Å². The molecule has 0 aliphatic carbocycles. The van der Waals surface area contributed by atoms with Crippen LogP contribution in [-0.2, 0) is 4.74 Å². The Kier molecular flexibility index (Phi) is 5.82. The van der Waals surface area contributed by atoms with Crippen LogP contribution in [0.5, 0.6) is 0 Å². The third kappa shape index (κ3) is 4.32. The second-order valence-corrected chi connectivity index (χ2v) is 5.68. The lowest BCUT2D eigenvalue weighted by atomic mass is 9.93. The van der Waals surface area contributed by atoms with Crippen LogP contribution in [0.3, 0.4) is 0 Å². The van der Waals surface area contributed by atoms with Gasteiger partial charge in [0, 0.05) is 25.8 Å². The molecule has 1 aliphatic rings. The van der Waals surface area contributed by atoms with Crippen molar-refractivity contribution in [2.45, 2.75) is 32.7 Å². The number of anilines is 1. The molecule has 0 radical (unpaired) electrons. The number of hydrogen-bond acceptors (Lipinski definition) is 4. The van der Waals surface area contributed by atoms with Crippen LogP contribution in [0, 0.1) is 5.92 Å². The Hall–Kier alpha value is -1.33. The second kappa shape index (κ2) is 7.61. The normalized spacial score (nSPS) is 17.3. The fraction of sp³-hybridized carbons (Fsp3) is 0.600. The molecule has 21 heavy (non-hydrogen) atoms. The Morgan fingerprint density at radius 2 is 2.19 bits per heavy atom. The maximum atomic E-state index is 12.4. The van der Waals surface area contributed by atoms with E-state index in [9.17, 15) is 4.79 Å². The molecule has 0 spiro atoms. The average molecular weight is 312 g/mol. The highest BCUT2D eigenvalue weighted by Gasteiger charge is 2.23. The van der Waals surface area contributed by atoms with E-state index in [4.69, 9.17) is 16.3 Å². The van der Waals surface area contributed by atoms with Crippen LogP contribution >= 0.6 is 11.6 Å². The second-order valence-electron chi connectivity index (χ2n) is 5.27. The Morgan fingerprint density at radius 3 is 2.86 bits per heavy atom. The van der Waals surface area contributed by atoms with E-state index in [1.807, 2.05) is 13.8 Å². The summed E-state index contributed by atoms with van der Waals surface area (Å²) in [5.74, 6) is 0.878. The quantitative estimate of drug-likeness (QED) is 0.877. The molecular weight excluding hydrogens is 290 g/mol. The Bertz CT molecular complexity index is 490. The topological polar surface area (TPSA) is 63.2 Å². The van der Waals surface area contributed by atoms with E-state index >= 15 is 0 Å². The molecule has 1 aromatic rings. The molecule has 0 aromatic carbocycles. The third-order valence-corrected chi connectivity index (χ3v) is 4.06. The monoisotopic (exact) mass is 311 g/mol. The molecule has 1 atom stereocenters. The molecule has 2 heterocycles. The first-order chi connectivity index (χ1) is 10.1. The lowest BCUT2D eigenvalue weighted by Crippen LogP contribution is -2.40. The van der Waals surface area contributed by atoms with Crippen LogP contribution in [0.15, 0.2) is 12.1 Å². The van der Waals surface area contributed by atoms with Gasteiger partial charge in [-0.2, -0.15) is 0 Å². The molecule has 1 unspecified atom stereocenters. The van der Waals surface area contributed by atoms with Crippen molar-refractivity contribution in [3.05, 3.63) is 22.8 Å². The number of carbonyl (C=O) groups is 1. The molecular formula is C15H22ClN3O2. The number of ether oxygens (including phenoxy) is 1. The smallest absolute Gasteiger partial charge is 0.271 e. The number of hydrogen-bond donors (Lipinski definition) is 2. The van der Waals surface area contributed by atoms with Crippen molar-refractivity contribution in [3.63, 3.8) is 0 Å². The minimum Gasteiger partial charge on any atom is -0.381 e. The summed E-state index contributed by atoms with van der Waals surface area (Å²) in [4.78, 5) is 16.6. The van der Waals surface area contributed by atoms with Gasteiger partial charge in [-0.05, 0) is 44.7 Å². The zero-order valence-electron chi connectivity index (χ0n) is 12.5. The van der Waals surface area contributed by atoms with Crippen LogP contribution in [0.4, 0.5) is 5.82 Å². The van der Waals surface area contributed by atoms with Gasteiger partial charge in [0.2, 0.25) is 0 Å². The van der Waals surface area contributed by atoms with Crippen LogP contribution in [-0.4, -0.2) is 36.7 Å². The van der Waals surface area contributed by atoms with E-state index in [1.165, 1.54) is 0 Å². The van der Waals surface area contributed by atoms with Crippen molar-refractivity contribution in [2.24, 2.45) is 5.92 Å². The fourth-order valence-corrected chi connectivity index (χ4v) is 2.68. The third-order valence-electron chi connectivity index (χ3n) is 3.75. The number of rotatable bonds is 5. The molecule has 5 nitrogen and oxygen atoms in total. The molecule has 0 bridgehead atoms. The van der Waals surface area contributed by atoms with Gasteiger partial charge in [-0.15, -0.1) is 0 Å². The van der Waals surface area contributed by atoms with Gasteiger partial charge < -0.3 is 15.4 Å². The standard InChI is InChI=1S/C15H22ClN3O2/c1-3-17-13-5-4-12(16)14(19-13)15(20)18-10(2)11-6-8-21-9-7-11/h4-5,10-11H,3,6-9H2,1-2H3,(H,17,19)(H,18,20). The molecule has 1 aromatic heterocycles. The molecule has 1 amide bonds. The molecule has 6 heteroatoms. The molecule has 0 saturated carbocycles. The SMILES string of the molecule is CCNc1ccc(Cl)c(C(=O)NC(C)C2CCOCC2)n1. The van der Waals surface area contributed by atoms with Crippen LogP contribution in [0.1, 0.15) is 37.2 Å². The Morgan fingerprint density at radius 1 is 1.48 bits per heavy atom. The van der Waals surface area contributed by atoms with E-state index in [1.54, 1.807) is 12.1 Å². The number of halogens is 1. The van der Waals surface area contributed by atoms with Crippen LogP contribution in [0.25, 0.3) is 0 Å². The zero-order valence-corrected chi connectivity index (χ0v) is 13.2. The lowest BCUT2D eigenvalue weighted by Gasteiger charge is -2.28. The highest BCUT2D eigenvalue weighted by atomic mass is 35.5. The van der Waals surface area contributed by atoms with Crippen molar-refractivity contribution >= 4 is 23.3 Å². The van der Waals surface area contributed by atoms with Gasteiger partial charge in [0.25, 0.3) is 5.91 Å².